The molecule has 0 bridgehead atoms. The van der Waals surface area contributed by atoms with E-state index in [4.69, 9.17) is 0 Å². The highest BCUT2D eigenvalue weighted by atomic mass is 16.4. The molecule has 1 amide bonds. The Balaban J connectivity index is 1.41. The largest absolute Gasteiger partial charge is 0.478 e. The highest BCUT2D eigenvalue weighted by molar-refractivity contribution is 5.87. The Morgan fingerprint density at radius 2 is 1.79 bits per heavy atom. The van der Waals surface area contributed by atoms with E-state index in [-0.39, 0.29) is 23.9 Å². The van der Waals surface area contributed by atoms with Crippen molar-refractivity contribution in [1.82, 2.24) is 15.8 Å². The van der Waals surface area contributed by atoms with Crippen LogP contribution in [0, 0.1) is 0 Å². The molecule has 2 heterocycles. The number of carboxylic acid groups (broad SMARTS) is 1. The lowest BCUT2D eigenvalue weighted by Crippen LogP contribution is -2.48. The third-order valence-electron chi connectivity index (χ3n) is 5.74. The number of aromatic carboxylic acids is 1. The molecule has 3 atom stereocenters. The van der Waals surface area contributed by atoms with E-state index >= 15 is 0 Å². The number of nitrogens with one attached hydrogen (secondary N) is 2. The van der Waals surface area contributed by atoms with E-state index in [0.717, 1.165) is 31.4 Å². The summed E-state index contributed by atoms with van der Waals surface area (Å²) >= 11 is 0. The van der Waals surface area contributed by atoms with Crippen LogP contribution in [-0.4, -0.2) is 41.0 Å². The van der Waals surface area contributed by atoms with Crippen LogP contribution in [0.1, 0.15) is 52.7 Å². The van der Waals surface area contributed by atoms with Gasteiger partial charge in [-0.25, -0.2) is 15.6 Å². The average molecular weight is 379 g/mol. The maximum atomic E-state index is 13.1. The van der Waals surface area contributed by atoms with E-state index in [1.807, 2.05) is 29.2 Å². The molecule has 6 heteroatoms. The number of nitrogens with zero attached hydrogens (tertiary/aromatic N) is 1. The number of likely N-dealkylation sites (tertiary alicyclic amines) is 1. The van der Waals surface area contributed by atoms with Crippen molar-refractivity contribution in [3.63, 3.8) is 0 Å². The van der Waals surface area contributed by atoms with Crippen LogP contribution in [0.2, 0.25) is 0 Å². The zero-order valence-corrected chi connectivity index (χ0v) is 15.7. The van der Waals surface area contributed by atoms with Gasteiger partial charge in [-0.2, -0.15) is 0 Å². The predicted octanol–water partition coefficient (Wildman–Crippen LogP) is 2.70. The first-order chi connectivity index (χ1) is 13.6. The lowest BCUT2D eigenvalue weighted by Gasteiger charge is -2.34. The van der Waals surface area contributed by atoms with E-state index in [0.29, 0.717) is 12.1 Å². The third kappa shape index (κ3) is 3.93. The van der Waals surface area contributed by atoms with Crippen molar-refractivity contribution in [2.75, 3.05) is 13.1 Å². The number of hydrazine groups is 1. The fourth-order valence-corrected chi connectivity index (χ4v) is 4.22. The van der Waals surface area contributed by atoms with Crippen molar-refractivity contribution in [1.29, 1.82) is 0 Å². The number of hydrogen-bond donors (Lipinski definition) is 3. The molecule has 0 aromatic heterocycles. The highest BCUT2D eigenvalue weighted by Gasteiger charge is 2.35. The van der Waals surface area contributed by atoms with Crippen LogP contribution >= 0.6 is 0 Å². The first-order valence-corrected chi connectivity index (χ1v) is 9.80. The maximum Gasteiger partial charge on any atom is 0.335 e. The Kier molecular flexibility index (Phi) is 5.41. The molecule has 2 fully saturated rings. The summed E-state index contributed by atoms with van der Waals surface area (Å²) in [6.45, 7) is 1.39. The molecule has 2 aromatic carbocycles. The van der Waals surface area contributed by atoms with Crippen LogP contribution in [0.4, 0.5) is 0 Å². The number of piperidine rings is 1. The third-order valence-corrected chi connectivity index (χ3v) is 5.74. The lowest BCUT2D eigenvalue weighted by atomic mass is 9.89. The molecular weight excluding hydrogens is 354 g/mol. The zero-order chi connectivity index (χ0) is 19.5. The van der Waals surface area contributed by atoms with E-state index in [1.54, 1.807) is 18.2 Å². The Bertz CT molecular complexity index is 855. The molecule has 28 heavy (non-hydrogen) atoms. The van der Waals surface area contributed by atoms with Gasteiger partial charge in [-0.05, 0) is 42.5 Å². The van der Waals surface area contributed by atoms with Crippen molar-refractivity contribution in [2.45, 2.75) is 37.3 Å². The van der Waals surface area contributed by atoms with Crippen LogP contribution in [-0.2, 0) is 4.79 Å². The Hall–Kier alpha value is -2.70. The Morgan fingerprint density at radius 1 is 1.00 bits per heavy atom. The van der Waals surface area contributed by atoms with Gasteiger partial charge in [0.15, 0.2) is 0 Å². The van der Waals surface area contributed by atoms with Gasteiger partial charge >= 0.3 is 5.97 Å². The summed E-state index contributed by atoms with van der Waals surface area (Å²) in [5.74, 6) is -0.625. The molecule has 4 rings (SSSR count). The summed E-state index contributed by atoms with van der Waals surface area (Å²) in [5.41, 5.74) is 8.88. The van der Waals surface area contributed by atoms with Gasteiger partial charge in [0.25, 0.3) is 0 Å². The zero-order valence-electron chi connectivity index (χ0n) is 15.7. The summed E-state index contributed by atoms with van der Waals surface area (Å²) in [7, 11) is 0. The summed E-state index contributed by atoms with van der Waals surface area (Å²) in [6.07, 6.45) is 2.62. The summed E-state index contributed by atoms with van der Waals surface area (Å²) < 4.78 is 0. The van der Waals surface area contributed by atoms with E-state index in [2.05, 4.69) is 23.0 Å². The molecule has 0 saturated carbocycles. The topological polar surface area (TPSA) is 81.7 Å². The van der Waals surface area contributed by atoms with Gasteiger partial charge in [-0.1, -0.05) is 42.5 Å². The quantitative estimate of drug-likeness (QED) is 0.761. The van der Waals surface area contributed by atoms with Crippen molar-refractivity contribution < 1.29 is 14.7 Å². The van der Waals surface area contributed by atoms with Crippen molar-refractivity contribution in [2.24, 2.45) is 0 Å². The van der Waals surface area contributed by atoms with Crippen LogP contribution in [0.3, 0.4) is 0 Å². The minimum absolute atomic E-state index is 0.116. The molecule has 2 aliphatic rings. The monoisotopic (exact) mass is 379 g/mol. The molecule has 2 aromatic rings. The van der Waals surface area contributed by atoms with E-state index in [1.165, 1.54) is 5.56 Å². The molecule has 3 N–H and O–H groups in total. The van der Waals surface area contributed by atoms with Gasteiger partial charge in [0, 0.05) is 25.0 Å². The van der Waals surface area contributed by atoms with Gasteiger partial charge in [0.2, 0.25) is 5.91 Å². The molecule has 0 aliphatic carbocycles. The van der Waals surface area contributed by atoms with Crippen LogP contribution in [0.15, 0.2) is 54.6 Å². The average Bonchev–Trinajstić information content (AvgIpc) is 3.24. The van der Waals surface area contributed by atoms with Crippen LogP contribution in [0.25, 0.3) is 0 Å². The van der Waals surface area contributed by atoms with Gasteiger partial charge in [-0.15, -0.1) is 0 Å². The standard InChI is InChI=1S/C22H25N3O3/c26-21(20-13-19(23-24-20)15-6-2-1-3-7-15)25-11-5-10-18(14-25)16-8-4-9-17(12-16)22(27)28/h1-4,6-9,12,18-20,23-24H,5,10-11,13-14H2,(H,27,28). The highest BCUT2D eigenvalue weighted by Crippen LogP contribution is 2.29. The fourth-order valence-electron chi connectivity index (χ4n) is 4.22. The Labute approximate surface area is 164 Å². The number of carboxylic acids is 1. The van der Waals surface area contributed by atoms with Gasteiger partial charge in [-0.3, -0.25) is 4.79 Å². The minimum Gasteiger partial charge on any atom is -0.478 e. The number of carbonyl (C=O) groups is 2. The summed E-state index contributed by atoms with van der Waals surface area (Å²) in [4.78, 5) is 26.2. The Morgan fingerprint density at radius 3 is 2.57 bits per heavy atom. The molecule has 2 saturated heterocycles. The molecule has 3 unspecified atom stereocenters. The summed E-state index contributed by atoms with van der Waals surface area (Å²) in [5, 5.41) is 9.23. The second-order valence-electron chi connectivity index (χ2n) is 7.59. The number of carbonyl (C=O) groups excluding carboxylic acids is 1. The lowest BCUT2D eigenvalue weighted by molar-refractivity contribution is -0.134. The first-order valence-electron chi connectivity index (χ1n) is 9.80. The molecular formula is C22H25N3O3. The molecule has 0 radical (unpaired) electrons. The number of rotatable bonds is 4. The molecule has 2 aliphatic heterocycles. The summed E-state index contributed by atoms with van der Waals surface area (Å²) in [6, 6.07) is 17.1. The fraction of sp³-hybridized carbons (Fsp3) is 0.364. The molecule has 0 spiro atoms. The van der Waals surface area contributed by atoms with Gasteiger partial charge in [0.1, 0.15) is 6.04 Å². The maximum absolute atomic E-state index is 13.1. The number of amides is 1. The van der Waals surface area contributed by atoms with E-state index < -0.39 is 5.97 Å². The number of hydrogen-bond acceptors (Lipinski definition) is 4. The second-order valence-corrected chi connectivity index (χ2v) is 7.59. The molecule has 6 nitrogen and oxygen atoms in total. The van der Waals surface area contributed by atoms with Gasteiger partial charge in [0.05, 0.1) is 5.56 Å². The first kappa shape index (κ1) is 18.7. The minimum atomic E-state index is -0.918. The van der Waals surface area contributed by atoms with Crippen LogP contribution < -0.4 is 10.9 Å². The molecule has 146 valence electrons. The van der Waals surface area contributed by atoms with E-state index in [9.17, 15) is 14.7 Å². The van der Waals surface area contributed by atoms with Crippen molar-refractivity contribution in [3.8, 4) is 0 Å². The second kappa shape index (κ2) is 8.12. The smallest absolute Gasteiger partial charge is 0.335 e. The van der Waals surface area contributed by atoms with Crippen molar-refractivity contribution in [3.05, 3.63) is 71.3 Å². The SMILES string of the molecule is O=C(O)c1cccc(C2CCCN(C(=O)C3CC(c4ccccc4)NN3)C2)c1. The predicted molar refractivity (Wildman–Crippen MR) is 106 cm³/mol. The van der Waals surface area contributed by atoms with Gasteiger partial charge < -0.3 is 10.0 Å². The normalized spacial score (nSPS) is 24.9. The van der Waals surface area contributed by atoms with Crippen molar-refractivity contribution >= 4 is 11.9 Å². The number of benzene rings is 2. The van der Waals surface area contributed by atoms with Crippen LogP contribution in [0.5, 0.6) is 0 Å².